The number of nitrogens with two attached hydrogens (primary N) is 1. The molecule has 1 aliphatic heterocycles. The van der Waals surface area contributed by atoms with E-state index in [9.17, 15) is 0 Å². The van der Waals surface area contributed by atoms with Crippen molar-refractivity contribution in [1.82, 2.24) is 5.43 Å². The highest BCUT2D eigenvalue weighted by molar-refractivity contribution is 4.92. The lowest BCUT2D eigenvalue weighted by atomic mass is 9.83. The molecule has 3 unspecified atom stereocenters. The average molecular weight is 242 g/mol. The lowest BCUT2D eigenvalue weighted by Crippen LogP contribution is -2.52. The van der Waals surface area contributed by atoms with Gasteiger partial charge in [-0.1, -0.05) is 39.5 Å². The molecule has 1 heterocycles. The molecule has 1 fully saturated rings. The van der Waals surface area contributed by atoms with Crippen molar-refractivity contribution in [2.24, 2.45) is 11.8 Å². The van der Waals surface area contributed by atoms with E-state index in [1.54, 1.807) is 0 Å². The van der Waals surface area contributed by atoms with Crippen LogP contribution in [0.2, 0.25) is 0 Å². The topological polar surface area (TPSA) is 47.3 Å². The Kier molecular flexibility index (Phi) is 6.45. The Morgan fingerprint density at radius 3 is 2.65 bits per heavy atom. The van der Waals surface area contributed by atoms with Gasteiger partial charge in [0.15, 0.2) is 0 Å². The van der Waals surface area contributed by atoms with Gasteiger partial charge in [-0.15, -0.1) is 0 Å². The van der Waals surface area contributed by atoms with Crippen LogP contribution in [0.5, 0.6) is 0 Å². The first-order chi connectivity index (χ1) is 8.16. The van der Waals surface area contributed by atoms with E-state index in [0.717, 1.165) is 25.4 Å². The highest BCUT2D eigenvalue weighted by Gasteiger charge is 2.38. The summed E-state index contributed by atoms with van der Waals surface area (Å²) >= 11 is 0. The summed E-state index contributed by atoms with van der Waals surface area (Å²) in [5, 5.41) is 0. The fourth-order valence-electron chi connectivity index (χ4n) is 2.88. The van der Waals surface area contributed by atoms with Gasteiger partial charge in [0.2, 0.25) is 0 Å². The fraction of sp³-hybridized carbons (Fsp3) is 1.00. The quantitative estimate of drug-likeness (QED) is 0.508. The van der Waals surface area contributed by atoms with Crippen LogP contribution < -0.4 is 11.3 Å². The minimum Gasteiger partial charge on any atom is -0.374 e. The van der Waals surface area contributed by atoms with Crippen molar-refractivity contribution in [2.45, 2.75) is 77.4 Å². The van der Waals surface area contributed by atoms with Crippen LogP contribution in [0.3, 0.4) is 0 Å². The molecule has 3 heteroatoms. The Morgan fingerprint density at radius 2 is 2.18 bits per heavy atom. The number of nitrogens with one attached hydrogen (secondary N) is 1. The summed E-state index contributed by atoms with van der Waals surface area (Å²) in [5.41, 5.74) is 2.95. The van der Waals surface area contributed by atoms with Crippen LogP contribution >= 0.6 is 0 Å². The zero-order valence-electron chi connectivity index (χ0n) is 11.8. The van der Waals surface area contributed by atoms with E-state index < -0.39 is 0 Å². The van der Waals surface area contributed by atoms with Crippen molar-refractivity contribution in [3.05, 3.63) is 0 Å². The van der Waals surface area contributed by atoms with Gasteiger partial charge in [0.1, 0.15) is 0 Å². The molecule has 0 amide bonds. The van der Waals surface area contributed by atoms with Gasteiger partial charge in [-0.25, -0.2) is 0 Å². The van der Waals surface area contributed by atoms with Crippen molar-refractivity contribution in [2.75, 3.05) is 6.61 Å². The van der Waals surface area contributed by atoms with Gasteiger partial charge in [0.05, 0.1) is 11.6 Å². The van der Waals surface area contributed by atoms with E-state index in [-0.39, 0.29) is 5.60 Å². The first-order valence-corrected chi connectivity index (χ1v) is 7.26. The molecule has 0 spiro atoms. The summed E-state index contributed by atoms with van der Waals surface area (Å²) in [6.07, 6.45) is 8.61. The molecule has 0 aromatic carbocycles. The smallest absolute Gasteiger partial charge is 0.0821 e. The maximum absolute atomic E-state index is 5.90. The molecule has 0 aliphatic carbocycles. The van der Waals surface area contributed by atoms with E-state index in [1.165, 1.54) is 32.1 Å². The predicted molar refractivity (Wildman–Crippen MR) is 72.6 cm³/mol. The summed E-state index contributed by atoms with van der Waals surface area (Å²) in [4.78, 5) is 0. The Morgan fingerprint density at radius 1 is 1.41 bits per heavy atom. The van der Waals surface area contributed by atoms with Gasteiger partial charge < -0.3 is 4.74 Å². The zero-order chi connectivity index (χ0) is 12.7. The normalized spacial score (nSPS) is 28.2. The van der Waals surface area contributed by atoms with Crippen LogP contribution in [0, 0.1) is 5.92 Å². The van der Waals surface area contributed by atoms with Gasteiger partial charge in [0, 0.05) is 6.61 Å². The molecule has 17 heavy (non-hydrogen) atoms. The van der Waals surface area contributed by atoms with Crippen LogP contribution in [0.1, 0.15) is 65.7 Å². The molecule has 0 aromatic rings. The Bertz CT molecular complexity index is 202. The van der Waals surface area contributed by atoms with Crippen molar-refractivity contribution < 1.29 is 4.74 Å². The third kappa shape index (κ3) is 4.23. The minimum absolute atomic E-state index is 0.0472. The second kappa shape index (κ2) is 7.34. The van der Waals surface area contributed by atoms with Crippen LogP contribution in [-0.4, -0.2) is 18.2 Å². The monoisotopic (exact) mass is 242 g/mol. The first kappa shape index (κ1) is 14.9. The molecule has 1 aliphatic rings. The molecule has 3 nitrogen and oxygen atoms in total. The number of unbranched alkanes of at least 4 members (excludes halogenated alkanes) is 1. The van der Waals surface area contributed by atoms with Crippen LogP contribution in [-0.2, 0) is 4.74 Å². The standard InChI is InChI=1S/C14H30N2O/c1-4-6-8-12(5-2)11-13(16-15)14(3)9-7-10-17-14/h12-13,16H,4-11,15H2,1-3H3. The molecule has 0 bridgehead atoms. The lowest BCUT2D eigenvalue weighted by molar-refractivity contribution is -0.0187. The van der Waals surface area contributed by atoms with Crippen molar-refractivity contribution in [3.63, 3.8) is 0 Å². The average Bonchev–Trinajstić information content (AvgIpc) is 2.77. The summed E-state index contributed by atoms with van der Waals surface area (Å²) in [6.45, 7) is 7.63. The van der Waals surface area contributed by atoms with Crippen molar-refractivity contribution in [1.29, 1.82) is 0 Å². The lowest BCUT2D eigenvalue weighted by Gasteiger charge is -2.35. The van der Waals surface area contributed by atoms with Crippen LogP contribution in [0.25, 0.3) is 0 Å². The van der Waals surface area contributed by atoms with E-state index in [0.29, 0.717) is 6.04 Å². The molecule has 0 saturated carbocycles. The maximum Gasteiger partial charge on any atom is 0.0821 e. The number of hydrazine groups is 1. The summed E-state index contributed by atoms with van der Waals surface area (Å²) < 4.78 is 5.90. The number of hydrogen-bond donors (Lipinski definition) is 2. The first-order valence-electron chi connectivity index (χ1n) is 7.26. The van der Waals surface area contributed by atoms with Crippen molar-refractivity contribution >= 4 is 0 Å². The van der Waals surface area contributed by atoms with Gasteiger partial charge in [-0.2, -0.15) is 0 Å². The van der Waals surface area contributed by atoms with E-state index >= 15 is 0 Å². The predicted octanol–water partition coefficient (Wildman–Crippen LogP) is 2.99. The highest BCUT2D eigenvalue weighted by Crippen LogP contribution is 2.32. The molecule has 1 rings (SSSR count). The summed E-state index contributed by atoms with van der Waals surface area (Å²) in [6, 6.07) is 0.298. The van der Waals surface area contributed by atoms with E-state index in [1.807, 2.05) is 0 Å². The molecule has 0 aromatic heterocycles. The minimum atomic E-state index is -0.0472. The summed E-state index contributed by atoms with van der Waals surface area (Å²) in [7, 11) is 0. The molecule has 0 radical (unpaired) electrons. The SMILES string of the molecule is CCCCC(CC)CC(NN)C1(C)CCCO1. The molecule has 3 atom stereocenters. The van der Waals surface area contributed by atoms with E-state index in [2.05, 4.69) is 26.2 Å². The van der Waals surface area contributed by atoms with Crippen LogP contribution in [0.4, 0.5) is 0 Å². The molecule has 1 saturated heterocycles. The fourth-order valence-corrected chi connectivity index (χ4v) is 2.88. The Balaban J connectivity index is 2.49. The highest BCUT2D eigenvalue weighted by atomic mass is 16.5. The van der Waals surface area contributed by atoms with Crippen LogP contribution in [0.15, 0.2) is 0 Å². The van der Waals surface area contributed by atoms with Gasteiger partial charge >= 0.3 is 0 Å². The van der Waals surface area contributed by atoms with E-state index in [4.69, 9.17) is 10.6 Å². The second-order valence-corrected chi connectivity index (χ2v) is 5.64. The zero-order valence-corrected chi connectivity index (χ0v) is 11.8. The third-order valence-electron chi connectivity index (χ3n) is 4.30. The summed E-state index contributed by atoms with van der Waals surface area (Å²) in [5.74, 6) is 6.51. The number of hydrogen-bond acceptors (Lipinski definition) is 3. The number of ether oxygens (including phenoxy) is 1. The Labute approximate surface area is 106 Å². The second-order valence-electron chi connectivity index (χ2n) is 5.64. The van der Waals surface area contributed by atoms with Gasteiger partial charge in [-0.3, -0.25) is 11.3 Å². The molecular weight excluding hydrogens is 212 g/mol. The Hall–Kier alpha value is -0.120. The maximum atomic E-state index is 5.90. The third-order valence-corrected chi connectivity index (χ3v) is 4.30. The molecular formula is C14H30N2O. The largest absolute Gasteiger partial charge is 0.374 e. The number of rotatable bonds is 8. The van der Waals surface area contributed by atoms with Gasteiger partial charge in [-0.05, 0) is 32.1 Å². The molecule has 3 N–H and O–H groups in total. The molecule has 102 valence electrons. The van der Waals surface area contributed by atoms with Crippen molar-refractivity contribution in [3.8, 4) is 0 Å². The van der Waals surface area contributed by atoms with Gasteiger partial charge in [0.25, 0.3) is 0 Å².